The Labute approximate surface area is 111 Å². The molecule has 17 heavy (non-hydrogen) atoms. The number of nitrogens with one attached hydrogen (secondary N) is 1. The first-order valence-corrected chi connectivity index (χ1v) is 6.55. The summed E-state index contributed by atoms with van der Waals surface area (Å²) in [4.78, 5) is 16.2. The molecule has 0 aliphatic rings. The zero-order valence-electron chi connectivity index (χ0n) is 8.81. The summed E-state index contributed by atoms with van der Waals surface area (Å²) in [5, 5.41) is 5.19. The van der Waals surface area contributed by atoms with E-state index in [-0.39, 0.29) is 0 Å². The zero-order chi connectivity index (χ0) is 12.3. The van der Waals surface area contributed by atoms with Gasteiger partial charge in [-0.3, -0.25) is 4.79 Å². The molecule has 1 amide bonds. The van der Waals surface area contributed by atoms with Crippen LogP contribution >= 0.6 is 27.3 Å². The lowest BCUT2D eigenvalue weighted by atomic mass is 10.3. The van der Waals surface area contributed by atoms with Gasteiger partial charge in [0.15, 0.2) is 0 Å². The van der Waals surface area contributed by atoms with Gasteiger partial charge in [0.25, 0.3) is 0 Å². The highest BCUT2D eigenvalue weighted by atomic mass is 79.9. The molecule has 0 radical (unpaired) electrons. The number of hydrogen-bond acceptors (Lipinski definition) is 4. The van der Waals surface area contributed by atoms with E-state index in [9.17, 15) is 4.79 Å². The van der Waals surface area contributed by atoms with Gasteiger partial charge in [-0.1, -0.05) is 0 Å². The zero-order valence-corrected chi connectivity index (χ0v) is 11.2. The van der Waals surface area contributed by atoms with Crippen molar-refractivity contribution >= 4 is 39.0 Å². The van der Waals surface area contributed by atoms with Gasteiger partial charge in [0.05, 0.1) is 12.1 Å². The van der Waals surface area contributed by atoms with Gasteiger partial charge in [-0.15, -0.1) is 11.3 Å². The predicted molar refractivity (Wildman–Crippen MR) is 72.1 cm³/mol. The number of halogens is 1. The number of primary amides is 1. The fourth-order valence-corrected chi connectivity index (χ4v) is 2.70. The van der Waals surface area contributed by atoms with Gasteiger partial charge in [0, 0.05) is 15.5 Å². The number of nitrogens with two attached hydrogens (primary N) is 1. The molecule has 0 unspecified atom stereocenters. The Hall–Kier alpha value is -1.40. The number of thiophene rings is 1. The number of hydrogen-bond donors (Lipinski definition) is 2. The average Bonchev–Trinajstić information content (AvgIpc) is 2.73. The minimum atomic E-state index is -0.468. The van der Waals surface area contributed by atoms with Crippen LogP contribution in [0.4, 0.5) is 5.82 Å². The third-order valence-corrected chi connectivity index (χ3v) is 4.10. The first-order chi connectivity index (χ1) is 8.16. The Morgan fingerprint density at radius 3 is 2.82 bits per heavy atom. The fourth-order valence-electron chi connectivity index (χ4n) is 1.27. The second kappa shape index (κ2) is 5.29. The average molecular weight is 312 g/mol. The van der Waals surface area contributed by atoms with E-state index in [0.717, 1.165) is 10.3 Å². The molecule has 2 rings (SSSR count). The van der Waals surface area contributed by atoms with Crippen LogP contribution in [0.2, 0.25) is 0 Å². The van der Waals surface area contributed by atoms with Crippen LogP contribution in [0, 0.1) is 0 Å². The van der Waals surface area contributed by atoms with E-state index in [2.05, 4.69) is 26.2 Å². The highest BCUT2D eigenvalue weighted by molar-refractivity contribution is 9.10. The number of nitrogens with zero attached hydrogens (tertiary/aromatic N) is 1. The maximum atomic E-state index is 10.9. The molecular weight excluding hydrogens is 302 g/mol. The molecule has 0 saturated carbocycles. The van der Waals surface area contributed by atoms with Crippen molar-refractivity contribution in [2.45, 2.75) is 6.54 Å². The van der Waals surface area contributed by atoms with Crippen LogP contribution in [0.5, 0.6) is 0 Å². The lowest BCUT2D eigenvalue weighted by Gasteiger charge is -2.04. The summed E-state index contributed by atoms with van der Waals surface area (Å²) in [6.45, 7) is 0.696. The van der Waals surface area contributed by atoms with Crippen LogP contribution in [0.1, 0.15) is 15.2 Å². The number of amides is 1. The Balaban J connectivity index is 2.00. The molecule has 2 heterocycles. The van der Waals surface area contributed by atoms with Crippen LogP contribution < -0.4 is 11.1 Å². The van der Waals surface area contributed by atoms with E-state index in [1.54, 1.807) is 23.5 Å². The molecule has 0 aliphatic heterocycles. The summed E-state index contributed by atoms with van der Waals surface area (Å²) in [6, 6.07) is 5.40. The standard InChI is InChI=1S/C11H10BrN3OS/c12-8-3-4-17-9(8)6-15-10-2-1-7(5-14-10)11(13)16/h1-5H,6H2,(H2,13,16)(H,14,15). The van der Waals surface area contributed by atoms with Crippen LogP contribution in [-0.2, 0) is 6.54 Å². The van der Waals surface area contributed by atoms with Crippen LogP contribution in [0.3, 0.4) is 0 Å². The number of rotatable bonds is 4. The molecule has 0 aliphatic carbocycles. The van der Waals surface area contributed by atoms with Gasteiger partial charge >= 0.3 is 0 Å². The van der Waals surface area contributed by atoms with Crippen molar-refractivity contribution in [3.63, 3.8) is 0 Å². The molecule has 0 aromatic carbocycles. The van der Waals surface area contributed by atoms with Gasteiger partial charge in [0.2, 0.25) is 5.91 Å². The minimum Gasteiger partial charge on any atom is -0.366 e. The third kappa shape index (κ3) is 3.04. The van der Waals surface area contributed by atoms with Crippen molar-refractivity contribution in [3.8, 4) is 0 Å². The first kappa shape index (κ1) is 12.1. The van der Waals surface area contributed by atoms with E-state index in [1.807, 2.05) is 11.4 Å². The molecule has 0 atom stereocenters. The quantitative estimate of drug-likeness (QED) is 0.912. The van der Waals surface area contributed by atoms with E-state index < -0.39 is 5.91 Å². The van der Waals surface area contributed by atoms with Crippen molar-refractivity contribution in [2.24, 2.45) is 5.73 Å². The molecule has 2 aromatic heterocycles. The monoisotopic (exact) mass is 311 g/mol. The largest absolute Gasteiger partial charge is 0.366 e. The highest BCUT2D eigenvalue weighted by Gasteiger charge is 2.03. The topological polar surface area (TPSA) is 68.0 Å². The summed E-state index contributed by atoms with van der Waals surface area (Å²) < 4.78 is 1.09. The molecule has 0 spiro atoms. The van der Waals surface area contributed by atoms with E-state index in [1.165, 1.54) is 11.1 Å². The maximum absolute atomic E-state index is 10.9. The number of pyridine rings is 1. The Kier molecular flexibility index (Phi) is 3.75. The Morgan fingerprint density at radius 1 is 1.47 bits per heavy atom. The minimum absolute atomic E-state index is 0.410. The summed E-state index contributed by atoms with van der Waals surface area (Å²) in [6.07, 6.45) is 1.47. The third-order valence-electron chi connectivity index (χ3n) is 2.17. The molecule has 0 bridgehead atoms. The lowest BCUT2D eigenvalue weighted by molar-refractivity contribution is 0.1000. The van der Waals surface area contributed by atoms with Crippen molar-refractivity contribution in [2.75, 3.05) is 5.32 Å². The molecule has 0 fully saturated rings. The summed E-state index contributed by atoms with van der Waals surface area (Å²) >= 11 is 5.12. The van der Waals surface area contributed by atoms with Gasteiger partial charge in [-0.2, -0.15) is 0 Å². The summed E-state index contributed by atoms with van der Waals surface area (Å²) in [7, 11) is 0. The second-order valence-electron chi connectivity index (χ2n) is 3.34. The summed E-state index contributed by atoms with van der Waals surface area (Å²) in [5.74, 6) is 0.250. The van der Waals surface area contributed by atoms with Crippen molar-refractivity contribution in [1.82, 2.24) is 4.98 Å². The van der Waals surface area contributed by atoms with E-state index in [0.29, 0.717) is 12.1 Å². The lowest BCUT2D eigenvalue weighted by Crippen LogP contribution is -2.11. The maximum Gasteiger partial charge on any atom is 0.250 e. The normalized spacial score (nSPS) is 10.2. The Morgan fingerprint density at radius 2 is 2.29 bits per heavy atom. The second-order valence-corrected chi connectivity index (χ2v) is 5.20. The predicted octanol–water partition coefficient (Wildman–Crippen LogP) is 2.62. The van der Waals surface area contributed by atoms with Crippen LogP contribution in [-0.4, -0.2) is 10.9 Å². The van der Waals surface area contributed by atoms with Gasteiger partial charge < -0.3 is 11.1 Å². The Bertz CT molecular complexity index is 524. The van der Waals surface area contributed by atoms with Gasteiger partial charge in [-0.25, -0.2) is 4.98 Å². The fraction of sp³-hybridized carbons (Fsp3) is 0.0909. The van der Waals surface area contributed by atoms with Crippen molar-refractivity contribution < 1.29 is 4.79 Å². The van der Waals surface area contributed by atoms with E-state index >= 15 is 0 Å². The smallest absolute Gasteiger partial charge is 0.250 e. The highest BCUT2D eigenvalue weighted by Crippen LogP contribution is 2.23. The molecule has 2 aromatic rings. The SMILES string of the molecule is NC(=O)c1ccc(NCc2sccc2Br)nc1. The molecule has 6 heteroatoms. The molecule has 4 nitrogen and oxygen atoms in total. The molecule has 0 saturated heterocycles. The molecular formula is C11H10BrN3OS. The number of carbonyl (C=O) groups is 1. The first-order valence-electron chi connectivity index (χ1n) is 4.88. The number of aromatic nitrogens is 1. The van der Waals surface area contributed by atoms with Gasteiger partial charge in [-0.05, 0) is 39.5 Å². The van der Waals surface area contributed by atoms with Crippen molar-refractivity contribution in [3.05, 3.63) is 44.7 Å². The van der Waals surface area contributed by atoms with Crippen LogP contribution in [0.25, 0.3) is 0 Å². The van der Waals surface area contributed by atoms with Crippen molar-refractivity contribution in [1.29, 1.82) is 0 Å². The van der Waals surface area contributed by atoms with E-state index in [4.69, 9.17) is 5.73 Å². The van der Waals surface area contributed by atoms with Gasteiger partial charge in [0.1, 0.15) is 5.82 Å². The van der Waals surface area contributed by atoms with Crippen LogP contribution in [0.15, 0.2) is 34.2 Å². The molecule has 88 valence electrons. The number of anilines is 1. The number of carbonyl (C=O) groups excluding carboxylic acids is 1. The molecule has 3 N–H and O–H groups in total. The summed E-state index contributed by atoms with van der Waals surface area (Å²) in [5.41, 5.74) is 5.54.